The van der Waals surface area contributed by atoms with E-state index in [2.05, 4.69) is 15.5 Å². The number of fused-ring (bicyclic) bond motifs is 1. The third-order valence-electron chi connectivity index (χ3n) is 4.57. The fraction of sp³-hybridized carbons (Fsp3) is 0.263. The molecule has 0 radical (unpaired) electrons. The van der Waals surface area contributed by atoms with Crippen LogP contribution in [0, 0.1) is 0 Å². The minimum Gasteiger partial charge on any atom is -0.342 e. The van der Waals surface area contributed by atoms with Crippen LogP contribution in [0.5, 0.6) is 0 Å². The van der Waals surface area contributed by atoms with Gasteiger partial charge in [0.1, 0.15) is 0 Å². The van der Waals surface area contributed by atoms with Crippen molar-refractivity contribution in [3.05, 3.63) is 60.0 Å². The van der Waals surface area contributed by atoms with E-state index in [0.717, 1.165) is 17.8 Å². The summed E-state index contributed by atoms with van der Waals surface area (Å²) in [6, 6.07) is 12.5. The molecular formula is C19H19N5O2. The number of hydrogen-bond acceptors (Lipinski definition) is 4. The van der Waals surface area contributed by atoms with Gasteiger partial charge in [0, 0.05) is 30.4 Å². The monoisotopic (exact) mass is 349 g/mol. The van der Waals surface area contributed by atoms with Crippen molar-refractivity contribution in [3.63, 3.8) is 0 Å². The molecule has 7 heteroatoms. The zero-order chi connectivity index (χ0) is 18.1. The first-order chi connectivity index (χ1) is 12.6. The van der Waals surface area contributed by atoms with Gasteiger partial charge in [-0.05, 0) is 43.7 Å². The number of carbonyl (C=O) groups is 2. The Balaban J connectivity index is 1.54. The number of anilines is 1. The Kier molecular flexibility index (Phi) is 4.12. The highest BCUT2D eigenvalue weighted by molar-refractivity contribution is 5.99. The second-order valence-corrected chi connectivity index (χ2v) is 6.38. The van der Waals surface area contributed by atoms with Gasteiger partial charge in [0.25, 0.3) is 5.91 Å². The largest absolute Gasteiger partial charge is 0.342 e. The molecule has 132 valence electrons. The first kappa shape index (κ1) is 16.3. The molecule has 1 fully saturated rings. The Bertz CT molecular complexity index is 981. The molecule has 26 heavy (non-hydrogen) atoms. The van der Waals surface area contributed by atoms with Crippen molar-refractivity contribution in [2.75, 3.05) is 11.4 Å². The molecule has 1 N–H and O–H groups in total. The van der Waals surface area contributed by atoms with Crippen LogP contribution in [0.2, 0.25) is 0 Å². The van der Waals surface area contributed by atoms with Crippen molar-refractivity contribution in [1.82, 2.24) is 19.9 Å². The fourth-order valence-corrected chi connectivity index (χ4v) is 3.24. The van der Waals surface area contributed by atoms with Crippen LogP contribution in [0.25, 0.3) is 5.65 Å². The maximum absolute atomic E-state index is 12.7. The van der Waals surface area contributed by atoms with Crippen LogP contribution >= 0.6 is 0 Å². The molecule has 4 rings (SSSR count). The molecule has 3 heterocycles. The molecule has 3 aromatic rings. The number of rotatable bonds is 4. The number of amides is 2. The van der Waals surface area contributed by atoms with E-state index in [-0.39, 0.29) is 17.9 Å². The highest BCUT2D eigenvalue weighted by Gasteiger charge is 2.23. The number of nitrogens with zero attached hydrogens (tertiary/aromatic N) is 4. The maximum Gasteiger partial charge on any atom is 0.251 e. The lowest BCUT2D eigenvalue weighted by molar-refractivity contribution is -0.117. The van der Waals surface area contributed by atoms with Crippen molar-refractivity contribution in [1.29, 1.82) is 0 Å². The lowest BCUT2D eigenvalue weighted by atomic mass is 10.1. The summed E-state index contributed by atoms with van der Waals surface area (Å²) < 4.78 is 1.85. The second kappa shape index (κ2) is 6.59. The average Bonchev–Trinajstić information content (AvgIpc) is 3.28. The standard InChI is InChI=1S/C19H19N5O2/c1-13(18-22-21-16-8-2-3-10-24(16)18)20-19(26)14-6-4-7-15(12-14)23-11-5-9-17(23)25/h2-4,6-8,10,12-13H,5,9,11H2,1H3,(H,20,26)/t13-/m1/s1. The Morgan fingerprint density at radius 3 is 2.88 bits per heavy atom. The van der Waals surface area contributed by atoms with E-state index in [4.69, 9.17) is 0 Å². The van der Waals surface area contributed by atoms with Gasteiger partial charge in [0.15, 0.2) is 11.5 Å². The van der Waals surface area contributed by atoms with E-state index in [9.17, 15) is 9.59 Å². The van der Waals surface area contributed by atoms with Gasteiger partial charge < -0.3 is 10.2 Å². The number of benzene rings is 1. The van der Waals surface area contributed by atoms with E-state index < -0.39 is 0 Å². The summed E-state index contributed by atoms with van der Waals surface area (Å²) in [7, 11) is 0. The maximum atomic E-state index is 12.7. The highest BCUT2D eigenvalue weighted by Crippen LogP contribution is 2.22. The first-order valence-electron chi connectivity index (χ1n) is 8.64. The Hall–Kier alpha value is -3.22. The molecule has 7 nitrogen and oxygen atoms in total. The van der Waals surface area contributed by atoms with Crippen molar-refractivity contribution in [2.24, 2.45) is 0 Å². The molecule has 0 spiro atoms. The second-order valence-electron chi connectivity index (χ2n) is 6.38. The number of aromatic nitrogens is 3. The predicted molar refractivity (Wildman–Crippen MR) is 96.9 cm³/mol. The summed E-state index contributed by atoms with van der Waals surface area (Å²) in [5.74, 6) is 0.560. The van der Waals surface area contributed by atoms with Gasteiger partial charge in [-0.25, -0.2) is 0 Å². The molecule has 2 aromatic heterocycles. The third-order valence-corrected chi connectivity index (χ3v) is 4.57. The molecular weight excluding hydrogens is 330 g/mol. The van der Waals surface area contributed by atoms with Crippen molar-refractivity contribution in [2.45, 2.75) is 25.8 Å². The minimum absolute atomic E-state index is 0.103. The summed E-state index contributed by atoms with van der Waals surface area (Å²) in [6.45, 7) is 2.57. The number of pyridine rings is 1. The van der Waals surface area contributed by atoms with E-state index >= 15 is 0 Å². The van der Waals surface area contributed by atoms with Crippen LogP contribution in [-0.2, 0) is 4.79 Å². The van der Waals surface area contributed by atoms with Gasteiger partial charge in [-0.2, -0.15) is 0 Å². The average molecular weight is 349 g/mol. The Labute approximate surface area is 150 Å². The molecule has 0 bridgehead atoms. The molecule has 0 unspecified atom stereocenters. The van der Waals surface area contributed by atoms with Gasteiger partial charge in [-0.1, -0.05) is 12.1 Å². The SMILES string of the molecule is C[C@@H](NC(=O)c1cccc(N2CCCC2=O)c1)c1nnc2ccccn12. The van der Waals surface area contributed by atoms with Crippen LogP contribution in [0.1, 0.15) is 42.0 Å². The van der Waals surface area contributed by atoms with Crippen molar-refractivity contribution >= 4 is 23.1 Å². The zero-order valence-electron chi connectivity index (χ0n) is 14.4. The minimum atomic E-state index is -0.308. The topological polar surface area (TPSA) is 79.6 Å². The molecule has 1 aromatic carbocycles. The zero-order valence-corrected chi connectivity index (χ0v) is 14.4. The Morgan fingerprint density at radius 2 is 2.08 bits per heavy atom. The van der Waals surface area contributed by atoms with Gasteiger partial charge in [-0.3, -0.25) is 14.0 Å². The van der Waals surface area contributed by atoms with Crippen LogP contribution in [-0.4, -0.2) is 33.0 Å². The fourth-order valence-electron chi connectivity index (χ4n) is 3.24. The van der Waals surface area contributed by atoms with E-state index in [1.54, 1.807) is 23.1 Å². The van der Waals surface area contributed by atoms with Gasteiger partial charge in [0.05, 0.1) is 6.04 Å². The van der Waals surface area contributed by atoms with Gasteiger partial charge >= 0.3 is 0 Å². The molecule has 0 saturated carbocycles. The van der Waals surface area contributed by atoms with Crippen molar-refractivity contribution in [3.8, 4) is 0 Å². The van der Waals surface area contributed by atoms with E-state index in [0.29, 0.717) is 24.4 Å². The van der Waals surface area contributed by atoms with Crippen LogP contribution in [0.3, 0.4) is 0 Å². The third kappa shape index (κ3) is 2.92. The lowest BCUT2D eigenvalue weighted by Crippen LogP contribution is -2.29. The highest BCUT2D eigenvalue weighted by atomic mass is 16.2. The summed E-state index contributed by atoms with van der Waals surface area (Å²) in [5, 5.41) is 11.2. The quantitative estimate of drug-likeness (QED) is 0.784. The van der Waals surface area contributed by atoms with Gasteiger partial charge in [0.2, 0.25) is 5.91 Å². The number of carbonyl (C=O) groups excluding carboxylic acids is 2. The van der Waals surface area contributed by atoms with E-state index in [1.165, 1.54) is 0 Å². The molecule has 0 aliphatic carbocycles. The van der Waals surface area contributed by atoms with Crippen LogP contribution < -0.4 is 10.2 Å². The molecule has 1 aliphatic heterocycles. The van der Waals surface area contributed by atoms with Crippen LogP contribution in [0.4, 0.5) is 5.69 Å². The summed E-state index contributed by atoms with van der Waals surface area (Å²) in [5.41, 5.74) is 2.02. The predicted octanol–water partition coefficient (Wildman–Crippen LogP) is 2.35. The normalized spacial score (nSPS) is 15.4. The lowest BCUT2D eigenvalue weighted by Gasteiger charge is -2.17. The van der Waals surface area contributed by atoms with E-state index in [1.807, 2.05) is 41.8 Å². The first-order valence-corrected chi connectivity index (χ1v) is 8.64. The molecule has 2 amide bonds. The summed E-state index contributed by atoms with van der Waals surface area (Å²) in [6.07, 6.45) is 3.28. The number of hydrogen-bond donors (Lipinski definition) is 1. The Morgan fingerprint density at radius 1 is 1.19 bits per heavy atom. The summed E-state index contributed by atoms with van der Waals surface area (Å²) in [4.78, 5) is 26.3. The van der Waals surface area contributed by atoms with Crippen LogP contribution in [0.15, 0.2) is 48.7 Å². The smallest absolute Gasteiger partial charge is 0.251 e. The molecule has 1 atom stereocenters. The molecule has 1 aliphatic rings. The van der Waals surface area contributed by atoms with Gasteiger partial charge in [-0.15, -0.1) is 10.2 Å². The van der Waals surface area contributed by atoms with Crippen molar-refractivity contribution < 1.29 is 9.59 Å². The molecule has 1 saturated heterocycles. The number of nitrogens with one attached hydrogen (secondary N) is 1. The summed E-state index contributed by atoms with van der Waals surface area (Å²) >= 11 is 0.